The van der Waals surface area contributed by atoms with Gasteiger partial charge in [-0.25, -0.2) is 4.68 Å². The molecule has 0 aliphatic carbocycles. The summed E-state index contributed by atoms with van der Waals surface area (Å²) in [6.07, 6.45) is 3.53. The number of carbonyl (C=O) groups is 1. The van der Waals surface area contributed by atoms with Crippen molar-refractivity contribution < 1.29 is 4.79 Å². The van der Waals surface area contributed by atoms with Crippen LogP contribution in [-0.4, -0.2) is 20.7 Å². The number of hydrogen-bond acceptors (Lipinski definition) is 3. The third kappa shape index (κ3) is 3.45. The van der Waals surface area contributed by atoms with E-state index in [9.17, 15) is 4.79 Å². The van der Waals surface area contributed by atoms with Crippen molar-refractivity contribution in [3.63, 3.8) is 0 Å². The molecule has 0 radical (unpaired) electrons. The Morgan fingerprint density at radius 3 is 2.61 bits per heavy atom. The molecule has 2 heterocycles. The molecule has 1 amide bonds. The molecular weight excluding hydrogens is 288 g/mol. The normalized spacial score (nSPS) is 10.5. The van der Waals surface area contributed by atoms with Crippen LogP contribution in [0.1, 0.15) is 27.3 Å². The van der Waals surface area contributed by atoms with Crippen LogP contribution in [0.3, 0.4) is 0 Å². The predicted molar refractivity (Wildman–Crippen MR) is 88.4 cm³/mol. The average molecular weight is 306 g/mol. The van der Waals surface area contributed by atoms with Gasteiger partial charge in [0.2, 0.25) is 0 Å². The van der Waals surface area contributed by atoms with Crippen molar-refractivity contribution in [2.24, 2.45) is 0 Å². The Balaban J connectivity index is 1.70. The van der Waals surface area contributed by atoms with Gasteiger partial charge < -0.3 is 5.32 Å². The fraction of sp³-hybridized carbons (Fsp3) is 0.167. The van der Waals surface area contributed by atoms with Crippen LogP contribution in [0.25, 0.3) is 5.69 Å². The molecule has 0 saturated carbocycles. The summed E-state index contributed by atoms with van der Waals surface area (Å²) in [6.45, 7) is 4.27. The first-order valence-electron chi connectivity index (χ1n) is 7.45. The Kier molecular flexibility index (Phi) is 4.19. The molecule has 1 N–H and O–H groups in total. The number of aromatic nitrogens is 3. The number of amides is 1. The van der Waals surface area contributed by atoms with Gasteiger partial charge in [-0.05, 0) is 38.1 Å². The summed E-state index contributed by atoms with van der Waals surface area (Å²) in [5.74, 6) is -0.135. The third-order valence-corrected chi connectivity index (χ3v) is 3.63. The van der Waals surface area contributed by atoms with Gasteiger partial charge in [-0.15, -0.1) is 0 Å². The molecule has 0 spiro atoms. The van der Waals surface area contributed by atoms with Gasteiger partial charge in [0, 0.05) is 30.2 Å². The second kappa shape index (κ2) is 6.44. The number of pyridine rings is 1. The maximum atomic E-state index is 12.1. The number of benzene rings is 1. The van der Waals surface area contributed by atoms with Crippen molar-refractivity contribution >= 4 is 5.91 Å². The summed E-state index contributed by atoms with van der Waals surface area (Å²) < 4.78 is 1.82. The summed E-state index contributed by atoms with van der Waals surface area (Å²) in [7, 11) is 0. The van der Waals surface area contributed by atoms with E-state index in [2.05, 4.69) is 15.4 Å². The lowest BCUT2D eigenvalue weighted by molar-refractivity contribution is 0.0950. The highest BCUT2D eigenvalue weighted by Crippen LogP contribution is 2.11. The number of rotatable bonds is 4. The molecule has 0 atom stereocenters. The molecule has 0 aliphatic heterocycles. The number of nitrogens with zero attached hydrogens (tertiary/aromatic N) is 3. The monoisotopic (exact) mass is 306 g/mol. The number of hydrogen-bond donors (Lipinski definition) is 1. The van der Waals surface area contributed by atoms with Gasteiger partial charge in [-0.3, -0.25) is 9.78 Å². The molecule has 0 aliphatic rings. The first-order chi connectivity index (χ1) is 11.1. The van der Waals surface area contributed by atoms with E-state index in [-0.39, 0.29) is 5.91 Å². The van der Waals surface area contributed by atoms with Crippen LogP contribution in [0.2, 0.25) is 0 Å². The summed E-state index contributed by atoms with van der Waals surface area (Å²) in [4.78, 5) is 16.3. The molecular formula is C18H18N4O. The van der Waals surface area contributed by atoms with Crippen LogP contribution < -0.4 is 5.32 Å². The third-order valence-electron chi connectivity index (χ3n) is 3.63. The zero-order valence-electron chi connectivity index (χ0n) is 13.2. The SMILES string of the molecule is Cc1ccc(C(=O)NCc2cn(-c3ccccc3)nc2C)cn1. The maximum Gasteiger partial charge on any atom is 0.253 e. The largest absolute Gasteiger partial charge is 0.348 e. The van der Waals surface area contributed by atoms with Crippen LogP contribution in [0.5, 0.6) is 0 Å². The quantitative estimate of drug-likeness (QED) is 0.806. The minimum atomic E-state index is -0.135. The molecule has 0 fully saturated rings. The van der Waals surface area contributed by atoms with Crippen LogP contribution >= 0.6 is 0 Å². The lowest BCUT2D eigenvalue weighted by Crippen LogP contribution is -2.23. The molecule has 5 nitrogen and oxygen atoms in total. The Labute approximate surface area is 135 Å². The van der Waals surface area contributed by atoms with Crippen LogP contribution in [0, 0.1) is 13.8 Å². The Morgan fingerprint density at radius 2 is 1.91 bits per heavy atom. The predicted octanol–water partition coefficient (Wildman–Crippen LogP) is 2.81. The molecule has 5 heteroatoms. The number of nitrogens with one attached hydrogen (secondary N) is 1. The molecule has 23 heavy (non-hydrogen) atoms. The van der Waals surface area contributed by atoms with Crippen molar-refractivity contribution in [3.8, 4) is 5.69 Å². The van der Waals surface area contributed by atoms with E-state index in [4.69, 9.17) is 0 Å². The topological polar surface area (TPSA) is 59.8 Å². The molecule has 0 bridgehead atoms. The van der Waals surface area contributed by atoms with E-state index in [0.717, 1.165) is 22.6 Å². The smallest absolute Gasteiger partial charge is 0.253 e. The highest BCUT2D eigenvalue weighted by Gasteiger charge is 2.09. The van der Waals surface area contributed by atoms with E-state index in [1.54, 1.807) is 12.3 Å². The second-order valence-corrected chi connectivity index (χ2v) is 5.39. The molecule has 3 rings (SSSR count). The fourth-order valence-electron chi connectivity index (χ4n) is 2.26. The molecule has 0 saturated heterocycles. The zero-order valence-corrected chi connectivity index (χ0v) is 13.2. The Hall–Kier alpha value is -2.95. The summed E-state index contributed by atoms with van der Waals surface area (Å²) in [6, 6.07) is 13.5. The van der Waals surface area contributed by atoms with Crippen LogP contribution in [0.15, 0.2) is 54.9 Å². The molecule has 1 aromatic carbocycles. The summed E-state index contributed by atoms with van der Waals surface area (Å²) in [5.41, 5.74) is 4.33. The van der Waals surface area contributed by atoms with E-state index in [0.29, 0.717) is 12.1 Å². The van der Waals surface area contributed by atoms with Crippen LogP contribution in [0.4, 0.5) is 0 Å². The first kappa shape index (κ1) is 15.0. The van der Waals surface area contributed by atoms with E-state index in [1.165, 1.54) is 0 Å². The van der Waals surface area contributed by atoms with Crippen LogP contribution in [-0.2, 0) is 6.54 Å². The number of carbonyl (C=O) groups excluding carboxylic acids is 1. The van der Waals surface area contributed by atoms with E-state index >= 15 is 0 Å². The van der Waals surface area contributed by atoms with Gasteiger partial charge >= 0.3 is 0 Å². The molecule has 2 aromatic heterocycles. The minimum Gasteiger partial charge on any atom is -0.348 e. The second-order valence-electron chi connectivity index (χ2n) is 5.39. The highest BCUT2D eigenvalue weighted by atomic mass is 16.1. The Bertz CT molecular complexity index is 807. The average Bonchev–Trinajstić information content (AvgIpc) is 2.95. The Morgan fingerprint density at radius 1 is 1.13 bits per heavy atom. The van der Waals surface area contributed by atoms with Crippen molar-refractivity contribution in [2.45, 2.75) is 20.4 Å². The van der Waals surface area contributed by atoms with Crippen molar-refractivity contribution in [3.05, 3.63) is 77.4 Å². The fourth-order valence-corrected chi connectivity index (χ4v) is 2.26. The number of para-hydroxylation sites is 1. The van der Waals surface area contributed by atoms with Crippen molar-refractivity contribution in [1.82, 2.24) is 20.1 Å². The lowest BCUT2D eigenvalue weighted by atomic mass is 10.2. The lowest BCUT2D eigenvalue weighted by Gasteiger charge is -2.04. The van der Waals surface area contributed by atoms with E-state index in [1.807, 2.05) is 61.1 Å². The maximum absolute atomic E-state index is 12.1. The minimum absolute atomic E-state index is 0.135. The summed E-state index contributed by atoms with van der Waals surface area (Å²) in [5, 5.41) is 7.40. The number of aryl methyl sites for hydroxylation is 2. The molecule has 3 aromatic rings. The van der Waals surface area contributed by atoms with E-state index < -0.39 is 0 Å². The molecule has 116 valence electrons. The first-order valence-corrected chi connectivity index (χ1v) is 7.45. The van der Waals surface area contributed by atoms with Gasteiger partial charge in [-0.1, -0.05) is 18.2 Å². The van der Waals surface area contributed by atoms with Crippen molar-refractivity contribution in [2.75, 3.05) is 0 Å². The van der Waals surface area contributed by atoms with Gasteiger partial charge in [0.05, 0.1) is 16.9 Å². The van der Waals surface area contributed by atoms with Gasteiger partial charge in [0.1, 0.15) is 0 Å². The zero-order chi connectivity index (χ0) is 16.2. The van der Waals surface area contributed by atoms with Gasteiger partial charge in [-0.2, -0.15) is 5.10 Å². The van der Waals surface area contributed by atoms with Crippen molar-refractivity contribution in [1.29, 1.82) is 0 Å². The molecule has 0 unspecified atom stereocenters. The van der Waals surface area contributed by atoms with Gasteiger partial charge in [0.25, 0.3) is 5.91 Å². The van der Waals surface area contributed by atoms with Gasteiger partial charge in [0.15, 0.2) is 0 Å². The summed E-state index contributed by atoms with van der Waals surface area (Å²) >= 11 is 0. The standard InChI is InChI=1S/C18H18N4O/c1-13-8-9-15(10-19-13)18(23)20-11-16-12-22(21-14(16)2)17-6-4-3-5-7-17/h3-10,12H,11H2,1-2H3,(H,20,23). The highest BCUT2D eigenvalue weighted by molar-refractivity contribution is 5.93.